The van der Waals surface area contributed by atoms with E-state index in [1.165, 1.54) is 93.3 Å². The fraction of sp³-hybridized carbons (Fsp3) is 0.280. The minimum Gasteiger partial charge on any atom is -0.344 e. The van der Waals surface area contributed by atoms with E-state index in [0.29, 0.717) is 0 Å². The van der Waals surface area contributed by atoms with Crippen molar-refractivity contribution in [3.8, 4) is 11.1 Å². The largest absolute Gasteiger partial charge is 0.344 e. The summed E-state index contributed by atoms with van der Waals surface area (Å²) >= 11 is 1.87. The Hall–Kier alpha value is -4.93. The van der Waals surface area contributed by atoms with Gasteiger partial charge in [-0.2, -0.15) is 0 Å². The van der Waals surface area contributed by atoms with Crippen molar-refractivity contribution < 1.29 is 0 Å². The van der Waals surface area contributed by atoms with Crippen LogP contribution in [-0.2, 0) is 29.7 Å². The molecule has 0 spiro atoms. The lowest BCUT2D eigenvalue weighted by Crippen LogP contribution is -2.33. The number of nitrogens with zero attached hydrogens (tertiary/aromatic N) is 3. The van der Waals surface area contributed by atoms with Gasteiger partial charge in [0.1, 0.15) is 0 Å². The molecule has 0 saturated heterocycles. The molecule has 0 amide bonds. The Labute approximate surface area is 325 Å². The van der Waals surface area contributed by atoms with Crippen molar-refractivity contribution in [2.45, 2.75) is 80.9 Å². The van der Waals surface area contributed by atoms with Gasteiger partial charge in [-0.1, -0.05) is 109 Å². The first-order valence-corrected chi connectivity index (χ1v) is 20.1. The molecule has 2 aliphatic rings. The van der Waals surface area contributed by atoms with Crippen LogP contribution in [0.15, 0.2) is 125 Å². The lowest BCUT2D eigenvalue weighted by Gasteiger charge is -2.43. The van der Waals surface area contributed by atoms with Gasteiger partial charge >= 0.3 is 0 Å². The van der Waals surface area contributed by atoms with Crippen molar-refractivity contribution >= 4 is 56.3 Å². The number of benzene rings is 6. The second-order valence-corrected chi connectivity index (χ2v) is 19.0. The minimum atomic E-state index is -0.190. The van der Waals surface area contributed by atoms with Crippen molar-refractivity contribution in [2.24, 2.45) is 7.05 Å². The van der Waals surface area contributed by atoms with E-state index in [2.05, 4.69) is 199 Å². The molecule has 0 aliphatic carbocycles. The fourth-order valence-electron chi connectivity index (χ4n) is 9.31. The Kier molecular flexibility index (Phi) is 7.76. The van der Waals surface area contributed by atoms with Gasteiger partial charge in [-0.3, -0.25) is 0 Å². The maximum absolute atomic E-state index is 2.48. The van der Waals surface area contributed by atoms with Crippen LogP contribution in [0.2, 0.25) is 0 Å². The van der Waals surface area contributed by atoms with Crippen LogP contribution >= 0.6 is 11.8 Å². The minimum absolute atomic E-state index is 0.0868. The maximum atomic E-state index is 2.48. The van der Waals surface area contributed by atoms with Gasteiger partial charge in [0.15, 0.2) is 0 Å². The summed E-state index contributed by atoms with van der Waals surface area (Å²) < 4.78 is 2.35. The number of aryl methyl sites for hydroxylation is 1. The first-order chi connectivity index (χ1) is 25.6. The molecule has 0 unspecified atom stereocenters. The average Bonchev–Trinajstić information content (AvgIpc) is 3.43. The summed E-state index contributed by atoms with van der Waals surface area (Å²) in [5.41, 5.74) is 17.0. The molecule has 3 heterocycles. The monoisotopic (exact) mass is 725 g/mol. The van der Waals surface area contributed by atoms with E-state index in [0.717, 1.165) is 6.42 Å². The van der Waals surface area contributed by atoms with Crippen LogP contribution < -0.4 is 9.80 Å². The number of anilines is 4. The summed E-state index contributed by atoms with van der Waals surface area (Å²) in [6, 6.07) is 43.9. The van der Waals surface area contributed by atoms with Crippen molar-refractivity contribution in [1.29, 1.82) is 0 Å². The van der Waals surface area contributed by atoms with E-state index in [-0.39, 0.29) is 16.2 Å². The van der Waals surface area contributed by atoms with E-state index in [1.807, 2.05) is 11.8 Å². The third-order valence-electron chi connectivity index (χ3n) is 12.5. The molecular weight excluding hydrogens is 675 g/mol. The first-order valence-electron chi connectivity index (χ1n) is 19.3. The first kappa shape index (κ1) is 34.8. The molecule has 0 N–H and O–H groups in total. The molecule has 2 aliphatic heterocycles. The van der Waals surface area contributed by atoms with Gasteiger partial charge in [0.05, 0.1) is 11.4 Å². The molecule has 54 heavy (non-hydrogen) atoms. The normalized spacial score (nSPS) is 14.9. The lowest BCUT2D eigenvalue weighted by molar-refractivity contribution is 0.512. The molecule has 9 rings (SSSR count). The number of hydrogen-bond acceptors (Lipinski definition) is 3. The van der Waals surface area contributed by atoms with Gasteiger partial charge in [0.25, 0.3) is 0 Å². The predicted octanol–water partition coefficient (Wildman–Crippen LogP) is 13.5. The molecule has 7 aromatic rings. The highest BCUT2D eigenvalue weighted by Crippen LogP contribution is 2.53. The maximum Gasteiger partial charge on any atom is 0.0550 e. The summed E-state index contributed by atoms with van der Waals surface area (Å²) in [5, 5.41) is 2.69. The molecule has 0 fully saturated rings. The van der Waals surface area contributed by atoms with Crippen LogP contribution in [0.25, 0.3) is 32.9 Å². The van der Waals surface area contributed by atoms with E-state index in [9.17, 15) is 0 Å². The molecule has 272 valence electrons. The SMILES string of the molecule is CN1c2ccccc2Sc2cc(-c3ccc4c(c3)C(C)(C)c3c(CC(C)(C)c5ccc6c(c5)c5cc(C(C)(C)C)ccc5n6C)cccc3N4C)ccc21. The van der Waals surface area contributed by atoms with Crippen molar-refractivity contribution in [3.63, 3.8) is 0 Å². The Morgan fingerprint density at radius 3 is 1.87 bits per heavy atom. The zero-order valence-corrected chi connectivity index (χ0v) is 34.2. The second kappa shape index (κ2) is 12.0. The summed E-state index contributed by atoms with van der Waals surface area (Å²) in [4.78, 5) is 7.34. The standard InChI is InChI=1S/C50H51N3S/c1-48(2,3)34-20-24-39-36(28-34)37-29-35(21-25-40(37)51(39)8)49(4,5)30-33-14-13-16-44-47(33)50(6,7)38-26-31(18-22-41(38)52(44)9)32-19-23-43-46(27-32)54-45-17-12-11-15-42(45)53(43)10/h11-29H,30H2,1-10H3. The van der Waals surface area contributed by atoms with Crippen molar-refractivity contribution in [3.05, 3.63) is 143 Å². The highest BCUT2D eigenvalue weighted by Gasteiger charge is 2.38. The van der Waals surface area contributed by atoms with Crippen LogP contribution in [0.1, 0.15) is 76.3 Å². The molecule has 0 atom stereocenters. The fourth-order valence-corrected chi connectivity index (χ4v) is 10.5. The van der Waals surface area contributed by atoms with Gasteiger partial charge in [-0.05, 0) is 123 Å². The predicted molar refractivity (Wildman–Crippen MR) is 233 cm³/mol. The third kappa shape index (κ3) is 5.32. The third-order valence-corrected chi connectivity index (χ3v) is 13.6. The van der Waals surface area contributed by atoms with Crippen molar-refractivity contribution in [1.82, 2.24) is 4.57 Å². The number of aromatic nitrogens is 1. The van der Waals surface area contributed by atoms with Gasteiger partial charge < -0.3 is 14.4 Å². The highest BCUT2D eigenvalue weighted by atomic mass is 32.2. The van der Waals surface area contributed by atoms with E-state index in [1.54, 1.807) is 0 Å². The Morgan fingerprint density at radius 1 is 0.556 bits per heavy atom. The van der Waals surface area contributed by atoms with Crippen LogP contribution in [0.5, 0.6) is 0 Å². The van der Waals surface area contributed by atoms with Gasteiger partial charge in [0, 0.05) is 69.5 Å². The number of para-hydroxylation sites is 1. The number of fused-ring (bicyclic) bond motifs is 7. The highest BCUT2D eigenvalue weighted by molar-refractivity contribution is 7.99. The van der Waals surface area contributed by atoms with Crippen LogP contribution in [0.4, 0.5) is 22.7 Å². The van der Waals surface area contributed by atoms with Crippen LogP contribution in [0.3, 0.4) is 0 Å². The Balaban J connectivity index is 1.09. The summed E-state index contributed by atoms with van der Waals surface area (Å²) in [6.45, 7) is 16.6. The van der Waals surface area contributed by atoms with Gasteiger partial charge in [-0.25, -0.2) is 0 Å². The smallest absolute Gasteiger partial charge is 0.0550 e. The van der Waals surface area contributed by atoms with E-state index < -0.39 is 0 Å². The zero-order valence-electron chi connectivity index (χ0n) is 33.4. The number of rotatable bonds is 4. The van der Waals surface area contributed by atoms with Crippen LogP contribution in [0, 0.1) is 0 Å². The quantitative estimate of drug-likeness (QED) is 0.179. The van der Waals surface area contributed by atoms with E-state index in [4.69, 9.17) is 0 Å². The summed E-state index contributed by atoms with van der Waals surface area (Å²) in [5.74, 6) is 0. The summed E-state index contributed by atoms with van der Waals surface area (Å²) in [7, 11) is 6.62. The van der Waals surface area contributed by atoms with Gasteiger partial charge in [-0.15, -0.1) is 0 Å². The molecule has 6 aromatic carbocycles. The Bertz CT molecular complexity index is 2650. The summed E-state index contributed by atoms with van der Waals surface area (Å²) in [6.07, 6.45) is 0.947. The van der Waals surface area contributed by atoms with Gasteiger partial charge in [0.2, 0.25) is 0 Å². The molecule has 0 bridgehead atoms. The Morgan fingerprint density at radius 2 is 1.15 bits per heavy atom. The lowest BCUT2D eigenvalue weighted by atomic mass is 9.68. The molecule has 1 aromatic heterocycles. The van der Waals surface area contributed by atoms with E-state index >= 15 is 0 Å². The zero-order chi connectivity index (χ0) is 37.9. The average molecular weight is 726 g/mol. The van der Waals surface area contributed by atoms with Crippen LogP contribution in [-0.4, -0.2) is 18.7 Å². The van der Waals surface area contributed by atoms with Crippen molar-refractivity contribution in [2.75, 3.05) is 23.9 Å². The topological polar surface area (TPSA) is 11.4 Å². The molecule has 3 nitrogen and oxygen atoms in total. The second-order valence-electron chi connectivity index (χ2n) is 17.9. The number of hydrogen-bond donors (Lipinski definition) is 0. The molecule has 0 saturated carbocycles. The molecule has 4 heteroatoms. The molecular formula is C50H51N3S. The molecule has 0 radical (unpaired) electrons.